The minimum Gasteiger partial charge on any atom is -0.457 e. The first-order valence-electron chi connectivity index (χ1n) is 10.8. The van der Waals surface area contributed by atoms with Crippen LogP contribution in [0.4, 0.5) is 0 Å². The minimum atomic E-state index is -1.03. The van der Waals surface area contributed by atoms with Crippen molar-refractivity contribution in [2.45, 2.75) is 71.2 Å². The molecule has 2 fully saturated rings. The number of ether oxygens (including phenoxy) is 2. The molecular weight excluding hydrogens is 354 g/mol. The molecular formula is C23H37NO4. The van der Waals surface area contributed by atoms with Gasteiger partial charge in [-0.05, 0) is 62.5 Å². The zero-order chi connectivity index (χ0) is 20.5. The number of methoxy groups -OCH3 is 1. The van der Waals surface area contributed by atoms with Crippen LogP contribution in [-0.2, 0) is 14.3 Å². The van der Waals surface area contributed by atoms with Crippen LogP contribution in [0.5, 0.6) is 0 Å². The Morgan fingerprint density at radius 2 is 2.18 bits per heavy atom. The third-order valence-electron chi connectivity index (χ3n) is 7.23. The number of carbonyl (C=O) groups is 1. The molecule has 5 heteroatoms. The van der Waals surface area contributed by atoms with Crippen molar-refractivity contribution in [3.8, 4) is 0 Å². The number of piperidine rings is 1. The largest absolute Gasteiger partial charge is 0.457 e. The van der Waals surface area contributed by atoms with Gasteiger partial charge in [0, 0.05) is 33.0 Å². The van der Waals surface area contributed by atoms with Crippen molar-refractivity contribution in [2.24, 2.45) is 23.7 Å². The zero-order valence-corrected chi connectivity index (χ0v) is 18.1. The predicted molar refractivity (Wildman–Crippen MR) is 109 cm³/mol. The van der Waals surface area contributed by atoms with Gasteiger partial charge in [0.15, 0.2) is 0 Å². The highest BCUT2D eigenvalue weighted by Crippen LogP contribution is 2.50. The second kappa shape index (κ2) is 8.85. The maximum Gasteiger partial charge on any atom is 0.303 e. The third-order valence-corrected chi connectivity index (χ3v) is 7.23. The number of nitrogens with zero attached hydrogens (tertiary/aromatic N) is 1. The molecule has 5 nitrogen and oxygen atoms in total. The van der Waals surface area contributed by atoms with Crippen LogP contribution in [0.25, 0.3) is 0 Å². The molecule has 0 bridgehead atoms. The van der Waals surface area contributed by atoms with E-state index in [-0.39, 0.29) is 17.8 Å². The number of hydrogen-bond acceptors (Lipinski definition) is 5. The molecule has 28 heavy (non-hydrogen) atoms. The summed E-state index contributed by atoms with van der Waals surface area (Å²) >= 11 is 0. The summed E-state index contributed by atoms with van der Waals surface area (Å²) in [6.45, 7) is 11.0. The van der Waals surface area contributed by atoms with Gasteiger partial charge < -0.3 is 19.5 Å². The Morgan fingerprint density at radius 3 is 2.86 bits per heavy atom. The molecule has 1 heterocycles. The van der Waals surface area contributed by atoms with Crippen molar-refractivity contribution in [1.29, 1.82) is 0 Å². The average Bonchev–Trinajstić information content (AvgIpc) is 2.64. The normalized spacial score (nSPS) is 40.4. The molecule has 2 aliphatic carbocycles. The Kier molecular flexibility index (Phi) is 6.88. The Morgan fingerprint density at radius 1 is 1.43 bits per heavy atom. The monoisotopic (exact) mass is 391 g/mol. The van der Waals surface area contributed by atoms with Crippen LogP contribution in [0, 0.1) is 30.1 Å². The van der Waals surface area contributed by atoms with Crippen molar-refractivity contribution < 1.29 is 19.4 Å². The van der Waals surface area contributed by atoms with E-state index in [1.807, 2.05) is 6.92 Å². The van der Waals surface area contributed by atoms with Gasteiger partial charge in [0.2, 0.25) is 0 Å². The van der Waals surface area contributed by atoms with E-state index < -0.39 is 11.7 Å². The number of carbonyl (C=O) groups excluding carboxylic acids is 1. The van der Waals surface area contributed by atoms with E-state index >= 15 is 0 Å². The molecule has 1 N–H and O–H groups in total. The number of hydrogen-bond donors (Lipinski definition) is 1. The fraction of sp³-hybridized carbons (Fsp3) is 0.826. The van der Waals surface area contributed by atoms with Crippen LogP contribution in [0.3, 0.4) is 0 Å². The maximum absolute atomic E-state index is 11.6. The first-order valence-corrected chi connectivity index (χ1v) is 10.8. The SMILES string of the molecule is CO[C@H]1CCCN(C[C@@H](C)[C@@H]2CC[C@@H](C)[C@]3(O)[C][C@@H](OC(C)=O)C(C)=C[C@H]23)C1. The van der Waals surface area contributed by atoms with Crippen molar-refractivity contribution in [3.63, 3.8) is 0 Å². The number of likely N-dealkylation sites (tertiary alicyclic amines) is 1. The fourth-order valence-electron chi connectivity index (χ4n) is 5.52. The van der Waals surface area contributed by atoms with Crippen LogP contribution in [-0.4, -0.2) is 60.5 Å². The molecule has 2 radical (unpaired) electrons. The van der Waals surface area contributed by atoms with E-state index in [0.717, 1.165) is 44.5 Å². The standard InChI is InChI=1S/C23H37NO4/c1-15-11-21-20(16(2)13-24-10-6-7-19(14-24)27-5)9-8-17(3)23(21,26)12-22(15)28-18(4)25/h11,16-17,19-22,26H,6-10,13-14H2,1-5H3/t16-,17-,19+,20+,21-,22-,23-/m1/s1. The van der Waals surface area contributed by atoms with Gasteiger partial charge in [-0.1, -0.05) is 19.9 Å². The van der Waals surface area contributed by atoms with Gasteiger partial charge in [0.05, 0.1) is 18.1 Å². The summed E-state index contributed by atoms with van der Waals surface area (Å²) in [5.41, 5.74) is -0.0538. The van der Waals surface area contributed by atoms with Crippen molar-refractivity contribution in [2.75, 3.05) is 26.7 Å². The Labute approximate surface area is 170 Å². The topological polar surface area (TPSA) is 59.0 Å². The highest BCUT2D eigenvalue weighted by molar-refractivity contribution is 5.66. The lowest BCUT2D eigenvalue weighted by Crippen LogP contribution is -2.57. The molecule has 7 atom stereocenters. The van der Waals surface area contributed by atoms with Crippen molar-refractivity contribution in [1.82, 2.24) is 4.90 Å². The highest BCUT2D eigenvalue weighted by Gasteiger charge is 2.53. The Bertz CT molecular complexity index is 591. The lowest BCUT2D eigenvalue weighted by Gasteiger charge is -2.53. The van der Waals surface area contributed by atoms with E-state index in [2.05, 4.69) is 31.2 Å². The van der Waals surface area contributed by atoms with Crippen LogP contribution >= 0.6 is 0 Å². The van der Waals surface area contributed by atoms with Crippen LogP contribution in [0.2, 0.25) is 0 Å². The Hall–Kier alpha value is -0.910. The predicted octanol–water partition coefficient (Wildman–Crippen LogP) is 3.10. The summed E-state index contributed by atoms with van der Waals surface area (Å²) in [5.74, 6) is 0.663. The van der Waals surface area contributed by atoms with Gasteiger partial charge >= 0.3 is 5.97 Å². The van der Waals surface area contributed by atoms with Crippen LogP contribution in [0.1, 0.15) is 53.4 Å². The fourth-order valence-corrected chi connectivity index (χ4v) is 5.52. The van der Waals surface area contributed by atoms with Crippen molar-refractivity contribution in [3.05, 3.63) is 18.1 Å². The van der Waals surface area contributed by atoms with Crippen LogP contribution < -0.4 is 0 Å². The van der Waals surface area contributed by atoms with Gasteiger partial charge in [-0.2, -0.15) is 0 Å². The lowest BCUT2D eigenvalue weighted by molar-refractivity contribution is -0.148. The number of aliphatic hydroxyl groups is 1. The maximum atomic E-state index is 11.6. The molecule has 0 aromatic heterocycles. The molecule has 0 amide bonds. The first kappa shape index (κ1) is 21.8. The van der Waals surface area contributed by atoms with E-state index in [9.17, 15) is 9.90 Å². The van der Waals surface area contributed by atoms with E-state index in [1.54, 1.807) is 7.11 Å². The van der Waals surface area contributed by atoms with Gasteiger partial charge in [0.1, 0.15) is 6.10 Å². The quantitative estimate of drug-likeness (QED) is 0.576. The number of rotatable bonds is 5. The number of esters is 1. The number of fused-ring (bicyclic) bond motifs is 1. The minimum absolute atomic E-state index is 0.0288. The van der Waals surface area contributed by atoms with Gasteiger partial charge in [-0.15, -0.1) is 0 Å². The van der Waals surface area contributed by atoms with Crippen LogP contribution in [0.15, 0.2) is 11.6 Å². The average molecular weight is 392 g/mol. The second-order valence-electron chi connectivity index (χ2n) is 9.27. The molecule has 1 saturated heterocycles. The summed E-state index contributed by atoms with van der Waals surface area (Å²) in [4.78, 5) is 14.0. The van der Waals surface area contributed by atoms with Gasteiger partial charge in [0.25, 0.3) is 0 Å². The summed E-state index contributed by atoms with van der Waals surface area (Å²) in [6.07, 6.45) is 9.65. The van der Waals surface area contributed by atoms with E-state index in [4.69, 9.17) is 9.47 Å². The molecule has 1 saturated carbocycles. The summed E-state index contributed by atoms with van der Waals surface area (Å²) < 4.78 is 11.0. The third kappa shape index (κ3) is 4.47. The highest BCUT2D eigenvalue weighted by atomic mass is 16.5. The van der Waals surface area contributed by atoms with E-state index in [1.165, 1.54) is 13.3 Å². The molecule has 0 aromatic rings. The molecule has 3 rings (SSSR count). The summed E-state index contributed by atoms with van der Waals surface area (Å²) in [5, 5.41) is 11.6. The van der Waals surface area contributed by atoms with Gasteiger partial charge in [-0.3, -0.25) is 4.79 Å². The van der Waals surface area contributed by atoms with E-state index in [0.29, 0.717) is 17.9 Å². The summed E-state index contributed by atoms with van der Waals surface area (Å²) in [7, 11) is 1.81. The Balaban J connectivity index is 1.75. The molecule has 0 spiro atoms. The summed E-state index contributed by atoms with van der Waals surface area (Å²) in [6, 6.07) is 0. The first-order chi connectivity index (χ1) is 13.2. The molecule has 0 unspecified atom stereocenters. The lowest BCUT2D eigenvalue weighted by atomic mass is 9.57. The zero-order valence-electron chi connectivity index (χ0n) is 18.1. The molecule has 0 aromatic carbocycles. The molecule has 158 valence electrons. The van der Waals surface area contributed by atoms with Crippen molar-refractivity contribution >= 4 is 5.97 Å². The second-order valence-corrected chi connectivity index (χ2v) is 9.27. The van der Waals surface area contributed by atoms with Gasteiger partial charge in [-0.25, -0.2) is 0 Å². The molecule has 1 aliphatic heterocycles. The smallest absolute Gasteiger partial charge is 0.303 e. The molecule has 3 aliphatic rings.